The average Bonchev–Trinajstić information content (AvgIpc) is 2.74. The van der Waals surface area contributed by atoms with Gasteiger partial charge in [0.05, 0.1) is 30.2 Å². The molecule has 0 saturated carbocycles. The molecular weight excluding hydrogens is 260 g/mol. The summed E-state index contributed by atoms with van der Waals surface area (Å²) in [5, 5.41) is 11.8. The number of carbonyl (C=O) groups excluding carboxylic acids is 1. The third-order valence-electron chi connectivity index (χ3n) is 3.57. The van der Waals surface area contributed by atoms with Crippen molar-refractivity contribution in [1.82, 2.24) is 10.2 Å². The van der Waals surface area contributed by atoms with Gasteiger partial charge in [0.1, 0.15) is 0 Å². The highest BCUT2D eigenvalue weighted by Crippen LogP contribution is 2.22. The van der Waals surface area contributed by atoms with E-state index in [2.05, 4.69) is 5.32 Å². The molecule has 20 heavy (non-hydrogen) atoms. The molecule has 2 amide bonds. The molecule has 112 valence electrons. The normalized spacial score (nSPS) is 32.1. The largest absolute Gasteiger partial charge is 0.481 e. The zero-order chi connectivity index (χ0) is 14.9. The van der Waals surface area contributed by atoms with Crippen LogP contribution in [0.15, 0.2) is 12.2 Å². The lowest BCUT2D eigenvalue weighted by molar-refractivity contribution is -0.140. The minimum atomic E-state index is -0.848. The summed E-state index contributed by atoms with van der Waals surface area (Å²) in [5.74, 6) is -1.35. The van der Waals surface area contributed by atoms with Crippen LogP contribution in [-0.2, 0) is 9.53 Å². The van der Waals surface area contributed by atoms with Crippen LogP contribution >= 0.6 is 0 Å². The fourth-order valence-corrected chi connectivity index (χ4v) is 2.85. The Morgan fingerprint density at radius 2 is 2.10 bits per heavy atom. The number of hydrogen-bond acceptors (Lipinski definition) is 3. The number of amides is 2. The van der Waals surface area contributed by atoms with E-state index in [1.807, 2.05) is 20.8 Å². The molecule has 0 spiro atoms. The Hall–Kier alpha value is -1.56. The third-order valence-corrected chi connectivity index (χ3v) is 3.57. The molecule has 2 rings (SSSR count). The highest BCUT2D eigenvalue weighted by molar-refractivity contribution is 5.76. The van der Waals surface area contributed by atoms with Gasteiger partial charge in [0.2, 0.25) is 0 Å². The molecule has 0 aromatic heterocycles. The third kappa shape index (κ3) is 3.50. The van der Waals surface area contributed by atoms with Crippen LogP contribution in [0, 0.1) is 5.92 Å². The Bertz CT molecular complexity index is 433. The second kappa shape index (κ2) is 5.44. The Kier molecular flexibility index (Phi) is 4.04. The van der Waals surface area contributed by atoms with Gasteiger partial charge >= 0.3 is 12.0 Å². The second-order valence-electron chi connectivity index (χ2n) is 6.19. The Balaban J connectivity index is 1.89. The Labute approximate surface area is 118 Å². The molecule has 1 saturated heterocycles. The lowest BCUT2D eigenvalue weighted by atomic mass is 10.1. The van der Waals surface area contributed by atoms with Gasteiger partial charge in [0, 0.05) is 6.54 Å². The topological polar surface area (TPSA) is 78.9 Å². The van der Waals surface area contributed by atoms with Crippen molar-refractivity contribution in [1.29, 1.82) is 0 Å². The van der Waals surface area contributed by atoms with E-state index in [0.29, 0.717) is 19.5 Å². The lowest BCUT2D eigenvalue weighted by Crippen LogP contribution is -2.57. The van der Waals surface area contributed by atoms with E-state index in [0.717, 1.165) is 0 Å². The summed E-state index contributed by atoms with van der Waals surface area (Å²) in [7, 11) is 0. The molecule has 1 heterocycles. The smallest absolute Gasteiger partial charge is 0.318 e. The number of nitrogens with zero attached hydrogens (tertiary/aromatic N) is 1. The van der Waals surface area contributed by atoms with Gasteiger partial charge in [-0.2, -0.15) is 0 Å². The number of aliphatic carboxylic acids is 1. The predicted octanol–water partition coefficient (Wildman–Crippen LogP) is 1.22. The summed E-state index contributed by atoms with van der Waals surface area (Å²) >= 11 is 0. The maximum Gasteiger partial charge on any atom is 0.318 e. The summed E-state index contributed by atoms with van der Waals surface area (Å²) in [4.78, 5) is 24.8. The van der Waals surface area contributed by atoms with Crippen molar-refractivity contribution in [3.63, 3.8) is 0 Å². The second-order valence-corrected chi connectivity index (χ2v) is 6.19. The van der Waals surface area contributed by atoms with E-state index in [9.17, 15) is 9.59 Å². The zero-order valence-electron chi connectivity index (χ0n) is 12.1. The number of urea groups is 1. The van der Waals surface area contributed by atoms with Crippen molar-refractivity contribution in [2.75, 3.05) is 13.1 Å². The van der Waals surface area contributed by atoms with Crippen LogP contribution < -0.4 is 5.32 Å². The number of rotatable bonds is 2. The number of nitrogens with one attached hydrogen (secondary N) is 1. The first-order chi connectivity index (χ1) is 9.27. The first-order valence-electron chi connectivity index (χ1n) is 6.91. The van der Waals surface area contributed by atoms with Crippen molar-refractivity contribution in [3.8, 4) is 0 Å². The first-order valence-corrected chi connectivity index (χ1v) is 6.91. The van der Waals surface area contributed by atoms with Crippen LogP contribution in [0.3, 0.4) is 0 Å². The Morgan fingerprint density at radius 3 is 2.65 bits per heavy atom. The number of carbonyl (C=O) groups is 2. The average molecular weight is 282 g/mol. The van der Waals surface area contributed by atoms with Gasteiger partial charge in [0.25, 0.3) is 0 Å². The summed E-state index contributed by atoms with van der Waals surface area (Å²) in [6.45, 7) is 6.94. The first kappa shape index (κ1) is 14.8. The highest BCUT2D eigenvalue weighted by Gasteiger charge is 2.35. The van der Waals surface area contributed by atoms with Crippen molar-refractivity contribution >= 4 is 12.0 Å². The molecule has 6 nitrogen and oxygen atoms in total. The van der Waals surface area contributed by atoms with E-state index in [1.54, 1.807) is 17.1 Å². The van der Waals surface area contributed by atoms with Gasteiger partial charge in [-0.25, -0.2) is 4.79 Å². The SMILES string of the molecule is CC1CN(C(=O)NC2C=CC(C(=O)O)C2)CC(C)(C)O1. The van der Waals surface area contributed by atoms with E-state index < -0.39 is 11.9 Å². The summed E-state index contributed by atoms with van der Waals surface area (Å²) in [6, 6.07) is -0.362. The minimum absolute atomic E-state index is 0.00427. The monoisotopic (exact) mass is 282 g/mol. The van der Waals surface area contributed by atoms with Crippen LogP contribution in [0.1, 0.15) is 27.2 Å². The molecule has 1 aliphatic carbocycles. The van der Waals surface area contributed by atoms with Crippen molar-refractivity contribution in [2.24, 2.45) is 5.92 Å². The fraction of sp³-hybridized carbons (Fsp3) is 0.714. The standard InChI is InChI=1S/C14H22N2O4/c1-9-7-16(8-14(2,3)20-9)13(19)15-11-5-4-10(6-11)12(17)18/h4-5,9-11H,6-8H2,1-3H3,(H,15,19)(H,17,18). The molecule has 0 aromatic rings. The molecular formula is C14H22N2O4. The molecule has 6 heteroatoms. The van der Waals surface area contributed by atoms with Crippen LogP contribution in [0.25, 0.3) is 0 Å². The van der Waals surface area contributed by atoms with Crippen molar-refractivity contribution < 1.29 is 19.4 Å². The maximum atomic E-state index is 12.2. The molecule has 0 aromatic carbocycles. The molecule has 3 atom stereocenters. The van der Waals surface area contributed by atoms with Crippen LogP contribution in [-0.4, -0.2) is 52.8 Å². The van der Waals surface area contributed by atoms with Crippen molar-refractivity contribution in [3.05, 3.63) is 12.2 Å². The molecule has 1 aliphatic heterocycles. The van der Waals surface area contributed by atoms with E-state index >= 15 is 0 Å². The summed E-state index contributed by atoms with van der Waals surface area (Å²) < 4.78 is 5.76. The molecule has 3 unspecified atom stereocenters. The number of hydrogen-bond donors (Lipinski definition) is 2. The van der Waals surface area contributed by atoms with E-state index in [-0.39, 0.29) is 23.8 Å². The zero-order valence-corrected chi connectivity index (χ0v) is 12.1. The van der Waals surface area contributed by atoms with Gasteiger partial charge in [-0.05, 0) is 27.2 Å². The summed E-state index contributed by atoms with van der Waals surface area (Å²) in [6.07, 6.45) is 3.81. The Morgan fingerprint density at radius 1 is 1.40 bits per heavy atom. The van der Waals surface area contributed by atoms with E-state index in [1.165, 1.54) is 0 Å². The molecule has 1 fully saturated rings. The molecule has 0 bridgehead atoms. The number of carboxylic acid groups (broad SMARTS) is 1. The van der Waals surface area contributed by atoms with Crippen LogP contribution in [0.4, 0.5) is 4.79 Å². The minimum Gasteiger partial charge on any atom is -0.481 e. The van der Waals surface area contributed by atoms with Crippen molar-refractivity contribution in [2.45, 2.75) is 44.9 Å². The molecule has 2 N–H and O–H groups in total. The summed E-state index contributed by atoms with van der Waals surface area (Å²) in [5.41, 5.74) is -0.357. The number of morpholine rings is 1. The van der Waals surface area contributed by atoms with E-state index in [4.69, 9.17) is 9.84 Å². The quantitative estimate of drug-likeness (QED) is 0.747. The predicted molar refractivity (Wildman–Crippen MR) is 73.4 cm³/mol. The van der Waals surface area contributed by atoms with Gasteiger partial charge in [0.15, 0.2) is 0 Å². The number of ether oxygens (including phenoxy) is 1. The maximum absolute atomic E-state index is 12.2. The fourth-order valence-electron chi connectivity index (χ4n) is 2.85. The van der Waals surface area contributed by atoms with Gasteiger partial charge in [-0.15, -0.1) is 0 Å². The molecule has 0 radical (unpaired) electrons. The lowest BCUT2D eigenvalue weighted by Gasteiger charge is -2.41. The number of carboxylic acids is 1. The van der Waals surface area contributed by atoms with Crippen LogP contribution in [0.2, 0.25) is 0 Å². The van der Waals surface area contributed by atoms with Crippen LogP contribution in [0.5, 0.6) is 0 Å². The van der Waals surface area contributed by atoms with Gasteiger partial charge in [-0.3, -0.25) is 4.79 Å². The highest BCUT2D eigenvalue weighted by atomic mass is 16.5. The van der Waals surface area contributed by atoms with Gasteiger partial charge < -0.3 is 20.1 Å². The van der Waals surface area contributed by atoms with Gasteiger partial charge in [-0.1, -0.05) is 12.2 Å². The molecule has 2 aliphatic rings.